The van der Waals surface area contributed by atoms with E-state index in [4.69, 9.17) is 0 Å². The largest absolute Gasteiger partial charge is 0.292 e. The van der Waals surface area contributed by atoms with Crippen molar-refractivity contribution in [2.24, 2.45) is 4.40 Å². The maximum absolute atomic E-state index is 11.0. The second kappa shape index (κ2) is 11.5. The molecule has 0 saturated heterocycles. The standard InChI is InChI=1S/C7H5NO3S.C2H6.I2/c9-6-8-12(10,11)7-4-2-1-3-5-7;2*1-2/h1-5H;1-2H3;. The van der Waals surface area contributed by atoms with Gasteiger partial charge in [0, 0.05) is 37.2 Å². The lowest BCUT2D eigenvalue weighted by atomic mass is 10.4. The number of hydrogen-bond donors (Lipinski definition) is 0. The molecule has 0 amide bonds. The van der Waals surface area contributed by atoms with Crippen molar-refractivity contribution < 1.29 is 13.2 Å². The fourth-order valence-corrected chi connectivity index (χ4v) is 1.40. The van der Waals surface area contributed by atoms with E-state index in [-0.39, 0.29) is 4.90 Å². The molecular weight excluding hydrogens is 456 g/mol. The van der Waals surface area contributed by atoms with Crippen LogP contribution in [0.2, 0.25) is 0 Å². The van der Waals surface area contributed by atoms with Gasteiger partial charge in [-0.25, -0.2) is 4.79 Å². The number of halogens is 2. The summed E-state index contributed by atoms with van der Waals surface area (Å²) in [4.78, 5) is 9.72. The summed E-state index contributed by atoms with van der Waals surface area (Å²) in [6, 6.07) is 7.48. The van der Waals surface area contributed by atoms with E-state index in [0.29, 0.717) is 0 Å². The summed E-state index contributed by atoms with van der Waals surface area (Å²) < 4.78 is 24.7. The third-order valence-corrected chi connectivity index (χ3v) is 2.38. The molecule has 0 spiro atoms. The van der Waals surface area contributed by atoms with E-state index < -0.39 is 10.0 Å². The van der Waals surface area contributed by atoms with Crippen LogP contribution in [0.4, 0.5) is 0 Å². The zero-order valence-corrected chi connectivity index (χ0v) is 13.9. The summed E-state index contributed by atoms with van der Waals surface area (Å²) in [6.45, 7) is 4.00. The zero-order valence-electron chi connectivity index (χ0n) is 8.72. The fraction of sp³-hybridized carbons (Fsp3) is 0.222. The molecule has 1 rings (SSSR count). The van der Waals surface area contributed by atoms with Crippen LogP contribution in [0.3, 0.4) is 0 Å². The highest BCUT2D eigenvalue weighted by atomic mass is 128. The lowest BCUT2D eigenvalue weighted by Gasteiger charge is -1.92. The van der Waals surface area contributed by atoms with Gasteiger partial charge in [-0.2, -0.15) is 8.42 Å². The molecule has 1 aromatic rings. The van der Waals surface area contributed by atoms with E-state index in [2.05, 4.69) is 41.6 Å². The van der Waals surface area contributed by atoms with Gasteiger partial charge in [0.1, 0.15) is 0 Å². The Morgan fingerprint density at radius 1 is 1.12 bits per heavy atom. The Labute approximate surface area is 119 Å². The first kappa shape index (κ1) is 18.4. The van der Waals surface area contributed by atoms with Crippen LogP contribution < -0.4 is 0 Å². The van der Waals surface area contributed by atoms with Gasteiger partial charge in [-0.1, -0.05) is 36.4 Å². The molecule has 4 nitrogen and oxygen atoms in total. The molecule has 0 fully saturated rings. The number of isocyanates is 1. The summed E-state index contributed by atoms with van der Waals surface area (Å²) in [5.41, 5.74) is 0. The third kappa shape index (κ3) is 7.31. The number of hydrogen-bond acceptors (Lipinski definition) is 3. The first-order chi connectivity index (χ1) is 7.67. The maximum Gasteiger partial charge on any atom is 0.292 e. The van der Waals surface area contributed by atoms with Gasteiger partial charge in [-0.3, -0.25) is 0 Å². The van der Waals surface area contributed by atoms with Crippen molar-refractivity contribution in [1.82, 2.24) is 0 Å². The molecular formula is C9H11I2NO3S. The SMILES string of the molecule is CC.II.O=C=NS(=O)(=O)c1ccccc1. The Balaban J connectivity index is 0. The van der Waals surface area contributed by atoms with Crippen LogP contribution in [0.5, 0.6) is 0 Å². The van der Waals surface area contributed by atoms with Crippen LogP contribution >= 0.6 is 37.2 Å². The predicted molar refractivity (Wildman–Crippen MR) is 81.1 cm³/mol. The number of rotatable bonds is 2. The lowest BCUT2D eigenvalue weighted by Crippen LogP contribution is -1.94. The van der Waals surface area contributed by atoms with Gasteiger partial charge in [0.05, 0.1) is 4.90 Å². The Morgan fingerprint density at radius 3 is 1.94 bits per heavy atom. The highest BCUT2D eigenvalue weighted by Gasteiger charge is 2.10. The normalized spacial score (nSPS) is 8.50. The van der Waals surface area contributed by atoms with E-state index in [1.54, 1.807) is 18.2 Å². The number of sulfonamides is 1. The Bertz CT molecular complexity index is 414. The van der Waals surface area contributed by atoms with Crippen LogP contribution in [-0.2, 0) is 14.8 Å². The molecule has 0 N–H and O–H groups in total. The average molecular weight is 467 g/mol. The summed E-state index contributed by atoms with van der Waals surface area (Å²) in [7, 11) is -3.81. The first-order valence-electron chi connectivity index (χ1n) is 4.20. The second-order valence-corrected chi connectivity index (χ2v) is 3.57. The molecule has 0 aliphatic carbocycles. The first-order valence-corrected chi connectivity index (χ1v) is 11.9. The van der Waals surface area contributed by atoms with Gasteiger partial charge in [0.25, 0.3) is 16.1 Å². The minimum absolute atomic E-state index is 0.00616. The molecule has 16 heavy (non-hydrogen) atoms. The molecule has 0 saturated carbocycles. The smallest absolute Gasteiger partial charge is 0.210 e. The Hall–Kier alpha value is 0.0100. The van der Waals surface area contributed by atoms with Gasteiger partial charge < -0.3 is 0 Å². The molecule has 0 aliphatic rings. The van der Waals surface area contributed by atoms with Crippen LogP contribution in [0.1, 0.15) is 13.8 Å². The van der Waals surface area contributed by atoms with E-state index in [9.17, 15) is 13.2 Å². The maximum atomic E-state index is 11.0. The summed E-state index contributed by atoms with van der Waals surface area (Å²) >= 11 is 4.24. The Kier molecular flexibility index (Phi) is 13.2. The van der Waals surface area contributed by atoms with Crippen molar-refractivity contribution in [2.75, 3.05) is 0 Å². The summed E-state index contributed by atoms with van der Waals surface area (Å²) in [5, 5.41) is 0. The van der Waals surface area contributed by atoms with Crippen molar-refractivity contribution >= 4 is 53.3 Å². The van der Waals surface area contributed by atoms with Crippen molar-refractivity contribution in [3.05, 3.63) is 30.3 Å². The summed E-state index contributed by atoms with van der Waals surface area (Å²) in [5.74, 6) is 0. The van der Waals surface area contributed by atoms with Crippen LogP contribution in [0, 0.1) is 0 Å². The second-order valence-electron chi connectivity index (χ2n) is 1.97. The molecule has 0 unspecified atom stereocenters. The van der Waals surface area contributed by atoms with Crippen LogP contribution in [-0.4, -0.2) is 14.5 Å². The van der Waals surface area contributed by atoms with Gasteiger partial charge in [0.2, 0.25) is 0 Å². The minimum atomic E-state index is -3.81. The van der Waals surface area contributed by atoms with E-state index in [0.717, 1.165) is 6.08 Å². The van der Waals surface area contributed by atoms with Gasteiger partial charge in [-0.05, 0) is 12.1 Å². The molecule has 90 valence electrons. The molecule has 7 heteroatoms. The quantitative estimate of drug-likeness (QED) is 0.380. The van der Waals surface area contributed by atoms with E-state index >= 15 is 0 Å². The molecule has 0 aliphatic heterocycles. The topological polar surface area (TPSA) is 63.6 Å². The fourth-order valence-electron chi connectivity index (χ4n) is 0.694. The van der Waals surface area contributed by atoms with Gasteiger partial charge in [-0.15, -0.1) is 0 Å². The Morgan fingerprint density at radius 2 is 1.56 bits per heavy atom. The number of nitrogens with zero attached hydrogens (tertiary/aromatic N) is 1. The van der Waals surface area contributed by atoms with Crippen LogP contribution in [0.25, 0.3) is 0 Å². The van der Waals surface area contributed by atoms with Crippen molar-refractivity contribution in [3.63, 3.8) is 0 Å². The lowest BCUT2D eigenvalue weighted by molar-refractivity contribution is 0.563. The van der Waals surface area contributed by atoms with Gasteiger partial charge >= 0.3 is 0 Å². The van der Waals surface area contributed by atoms with E-state index in [1.807, 2.05) is 13.8 Å². The molecule has 1 aromatic carbocycles. The highest BCUT2D eigenvalue weighted by molar-refractivity contribution is 15.0. The van der Waals surface area contributed by atoms with Crippen molar-refractivity contribution in [2.45, 2.75) is 18.7 Å². The van der Waals surface area contributed by atoms with Crippen molar-refractivity contribution in [3.8, 4) is 0 Å². The predicted octanol–water partition coefficient (Wildman–Crippen LogP) is 3.51. The molecule has 0 bridgehead atoms. The number of carbonyl (C=O) groups excluding carboxylic acids is 1. The zero-order chi connectivity index (χ0) is 13.0. The highest BCUT2D eigenvalue weighted by Crippen LogP contribution is 2.09. The number of benzene rings is 1. The molecule has 0 aromatic heterocycles. The van der Waals surface area contributed by atoms with Crippen LogP contribution in [0.15, 0.2) is 39.6 Å². The molecule has 0 atom stereocenters. The van der Waals surface area contributed by atoms with Crippen molar-refractivity contribution in [1.29, 1.82) is 0 Å². The average Bonchev–Trinajstić information content (AvgIpc) is 2.35. The minimum Gasteiger partial charge on any atom is -0.210 e. The molecule has 0 heterocycles. The monoisotopic (exact) mass is 467 g/mol. The molecule has 0 radical (unpaired) electrons. The van der Waals surface area contributed by atoms with E-state index in [1.165, 1.54) is 12.1 Å². The van der Waals surface area contributed by atoms with Gasteiger partial charge in [0.15, 0.2) is 0 Å². The summed E-state index contributed by atoms with van der Waals surface area (Å²) in [6.07, 6.45) is 0.993. The third-order valence-electron chi connectivity index (χ3n) is 1.20.